The van der Waals surface area contributed by atoms with Crippen LogP contribution < -0.4 is 5.32 Å². The van der Waals surface area contributed by atoms with Crippen molar-refractivity contribution < 1.29 is 9.90 Å². The molecule has 2 aromatic carbocycles. The number of fused-ring (bicyclic) bond motifs is 1. The van der Waals surface area contributed by atoms with Gasteiger partial charge in [0.15, 0.2) is 0 Å². The molecule has 3 rings (SSSR count). The van der Waals surface area contributed by atoms with E-state index in [0.717, 1.165) is 10.0 Å². The molecule has 6 heteroatoms. The van der Waals surface area contributed by atoms with E-state index in [9.17, 15) is 9.90 Å². The molecule has 0 aliphatic heterocycles. The number of carboxylic acid groups (broad SMARTS) is 1. The van der Waals surface area contributed by atoms with Gasteiger partial charge >= 0.3 is 5.97 Å². The Labute approximate surface area is 146 Å². The van der Waals surface area contributed by atoms with Crippen molar-refractivity contribution in [2.45, 2.75) is 6.54 Å². The van der Waals surface area contributed by atoms with Gasteiger partial charge in [0.1, 0.15) is 11.4 Å². The van der Waals surface area contributed by atoms with Gasteiger partial charge in [0, 0.05) is 16.4 Å². The molecule has 0 saturated heterocycles. The largest absolute Gasteiger partial charge is 0.478 e. The van der Waals surface area contributed by atoms with Gasteiger partial charge in [-0.15, -0.1) is 0 Å². The van der Waals surface area contributed by atoms with Gasteiger partial charge in [-0.25, -0.2) is 9.78 Å². The van der Waals surface area contributed by atoms with Gasteiger partial charge in [-0.3, -0.25) is 0 Å². The van der Waals surface area contributed by atoms with Crippen LogP contribution in [0.3, 0.4) is 0 Å². The molecule has 0 atom stereocenters. The normalized spacial score (nSPS) is 10.7. The number of rotatable bonds is 4. The second kappa shape index (κ2) is 6.56. The monoisotopic (exact) mass is 390 g/mol. The van der Waals surface area contributed by atoms with E-state index in [1.165, 1.54) is 0 Å². The van der Waals surface area contributed by atoms with Crippen molar-refractivity contribution in [1.29, 1.82) is 0 Å². The first-order chi connectivity index (χ1) is 11.1. The van der Waals surface area contributed by atoms with Crippen LogP contribution >= 0.6 is 27.5 Å². The van der Waals surface area contributed by atoms with Gasteiger partial charge in [0.2, 0.25) is 0 Å². The van der Waals surface area contributed by atoms with Crippen LogP contribution in [0.1, 0.15) is 15.9 Å². The van der Waals surface area contributed by atoms with Gasteiger partial charge in [-0.2, -0.15) is 0 Å². The minimum Gasteiger partial charge on any atom is -0.478 e. The van der Waals surface area contributed by atoms with E-state index in [1.807, 2.05) is 36.4 Å². The maximum Gasteiger partial charge on any atom is 0.341 e. The summed E-state index contributed by atoms with van der Waals surface area (Å²) in [6, 6.07) is 15.1. The molecule has 0 bridgehead atoms. The topological polar surface area (TPSA) is 62.2 Å². The second-order valence-electron chi connectivity index (χ2n) is 4.96. The number of aromatic nitrogens is 1. The number of nitrogens with zero attached hydrogens (tertiary/aromatic N) is 1. The molecule has 1 heterocycles. The van der Waals surface area contributed by atoms with Crippen LogP contribution in [0.5, 0.6) is 0 Å². The van der Waals surface area contributed by atoms with Crippen molar-refractivity contribution in [2.75, 3.05) is 5.32 Å². The highest BCUT2D eigenvalue weighted by molar-refractivity contribution is 9.10. The molecule has 0 aliphatic carbocycles. The molecule has 23 heavy (non-hydrogen) atoms. The number of hydrogen-bond donors (Lipinski definition) is 2. The molecule has 2 N–H and O–H groups in total. The quantitative estimate of drug-likeness (QED) is 0.660. The first kappa shape index (κ1) is 15.8. The molecule has 0 unspecified atom stereocenters. The Morgan fingerprint density at radius 1 is 1.22 bits per heavy atom. The summed E-state index contributed by atoms with van der Waals surface area (Å²) in [6.07, 6.45) is 0. The number of nitrogens with one attached hydrogen (secondary N) is 1. The van der Waals surface area contributed by atoms with E-state index in [4.69, 9.17) is 11.6 Å². The summed E-state index contributed by atoms with van der Waals surface area (Å²) < 4.78 is 0.815. The van der Waals surface area contributed by atoms with Gasteiger partial charge in [0.25, 0.3) is 0 Å². The maximum absolute atomic E-state index is 11.6. The van der Waals surface area contributed by atoms with Crippen LogP contribution in [-0.4, -0.2) is 16.1 Å². The third-order valence-electron chi connectivity index (χ3n) is 3.40. The first-order valence-electron chi connectivity index (χ1n) is 6.86. The summed E-state index contributed by atoms with van der Waals surface area (Å²) >= 11 is 9.67. The van der Waals surface area contributed by atoms with Crippen molar-refractivity contribution in [1.82, 2.24) is 4.98 Å². The van der Waals surface area contributed by atoms with Crippen molar-refractivity contribution in [3.63, 3.8) is 0 Å². The lowest BCUT2D eigenvalue weighted by Gasteiger charge is -2.12. The third kappa shape index (κ3) is 3.30. The fourth-order valence-corrected chi connectivity index (χ4v) is 2.98. The van der Waals surface area contributed by atoms with Crippen LogP contribution in [0.25, 0.3) is 10.9 Å². The fourth-order valence-electron chi connectivity index (χ4n) is 2.30. The van der Waals surface area contributed by atoms with Crippen LogP contribution in [0.15, 0.2) is 53.0 Å². The molecule has 0 saturated carbocycles. The standard InChI is InChI=1S/C17H12BrClN2O2/c18-11-6-7-13-12(8-11)15(19)14(17(22)23)16(21-13)20-9-10-4-2-1-3-5-10/h1-8H,9H2,(H,20,21)(H,22,23). The average molecular weight is 392 g/mol. The van der Waals surface area contributed by atoms with Crippen LogP contribution in [0, 0.1) is 0 Å². The van der Waals surface area contributed by atoms with Crippen LogP contribution in [-0.2, 0) is 6.54 Å². The summed E-state index contributed by atoms with van der Waals surface area (Å²) in [5.74, 6) is -0.846. The number of benzene rings is 2. The molecule has 3 aromatic rings. The molecule has 0 aliphatic rings. The Kier molecular flexibility index (Phi) is 4.50. The SMILES string of the molecule is O=C(O)c1c(NCc2ccccc2)nc2ccc(Br)cc2c1Cl. The Bertz CT molecular complexity index is 885. The maximum atomic E-state index is 11.6. The number of carboxylic acids is 1. The summed E-state index contributed by atoms with van der Waals surface area (Å²) in [6.45, 7) is 0.465. The lowest BCUT2D eigenvalue weighted by Crippen LogP contribution is -2.09. The van der Waals surface area contributed by atoms with Gasteiger partial charge in [-0.1, -0.05) is 57.9 Å². The van der Waals surface area contributed by atoms with E-state index < -0.39 is 5.97 Å². The summed E-state index contributed by atoms with van der Waals surface area (Å²) in [7, 11) is 0. The lowest BCUT2D eigenvalue weighted by atomic mass is 10.1. The molecular formula is C17H12BrClN2O2. The smallest absolute Gasteiger partial charge is 0.341 e. The molecule has 116 valence electrons. The Morgan fingerprint density at radius 2 is 1.96 bits per heavy atom. The summed E-state index contributed by atoms with van der Waals surface area (Å²) in [4.78, 5) is 16.0. The van der Waals surface area contributed by atoms with E-state index in [0.29, 0.717) is 17.4 Å². The van der Waals surface area contributed by atoms with E-state index in [2.05, 4.69) is 26.2 Å². The van der Waals surface area contributed by atoms with E-state index in [-0.39, 0.29) is 16.4 Å². The van der Waals surface area contributed by atoms with Crippen molar-refractivity contribution in [2.24, 2.45) is 0 Å². The Hall–Kier alpha value is -2.11. The number of halogens is 2. The van der Waals surface area contributed by atoms with Crippen molar-refractivity contribution >= 4 is 50.2 Å². The van der Waals surface area contributed by atoms with Gasteiger partial charge < -0.3 is 10.4 Å². The second-order valence-corrected chi connectivity index (χ2v) is 6.25. The van der Waals surface area contributed by atoms with E-state index in [1.54, 1.807) is 12.1 Å². The minimum absolute atomic E-state index is 0.0202. The zero-order valence-corrected chi connectivity index (χ0v) is 14.2. The number of pyridine rings is 1. The highest BCUT2D eigenvalue weighted by atomic mass is 79.9. The molecular weight excluding hydrogens is 380 g/mol. The zero-order chi connectivity index (χ0) is 16.4. The Balaban J connectivity index is 2.06. The van der Waals surface area contributed by atoms with Gasteiger partial charge in [0.05, 0.1) is 10.5 Å². The fraction of sp³-hybridized carbons (Fsp3) is 0.0588. The third-order valence-corrected chi connectivity index (χ3v) is 4.29. The molecule has 0 spiro atoms. The summed E-state index contributed by atoms with van der Waals surface area (Å²) in [5, 5.41) is 13.3. The predicted octanol–water partition coefficient (Wildman–Crippen LogP) is 4.96. The zero-order valence-electron chi connectivity index (χ0n) is 11.9. The number of hydrogen-bond acceptors (Lipinski definition) is 3. The molecule has 1 aromatic heterocycles. The van der Waals surface area contributed by atoms with E-state index >= 15 is 0 Å². The molecule has 0 fully saturated rings. The number of aromatic carboxylic acids is 1. The molecule has 4 nitrogen and oxygen atoms in total. The number of anilines is 1. The highest BCUT2D eigenvalue weighted by Gasteiger charge is 2.19. The predicted molar refractivity (Wildman–Crippen MR) is 95.2 cm³/mol. The first-order valence-corrected chi connectivity index (χ1v) is 8.03. The molecule has 0 radical (unpaired) electrons. The molecule has 0 amide bonds. The number of carbonyl (C=O) groups is 1. The lowest BCUT2D eigenvalue weighted by molar-refractivity contribution is 0.0698. The highest BCUT2D eigenvalue weighted by Crippen LogP contribution is 2.32. The van der Waals surface area contributed by atoms with Crippen molar-refractivity contribution in [3.05, 3.63) is 69.2 Å². The summed E-state index contributed by atoms with van der Waals surface area (Å²) in [5.41, 5.74) is 1.64. The average Bonchev–Trinajstić information content (AvgIpc) is 2.54. The van der Waals surface area contributed by atoms with Crippen LogP contribution in [0.2, 0.25) is 5.02 Å². The Morgan fingerprint density at radius 3 is 2.65 bits per heavy atom. The van der Waals surface area contributed by atoms with Crippen molar-refractivity contribution in [3.8, 4) is 0 Å². The minimum atomic E-state index is -1.11. The van der Waals surface area contributed by atoms with Gasteiger partial charge in [-0.05, 0) is 23.8 Å². The van der Waals surface area contributed by atoms with Crippen LogP contribution in [0.4, 0.5) is 5.82 Å².